The third kappa shape index (κ3) is 3.74. The molecule has 0 atom stereocenters. The fourth-order valence-electron chi connectivity index (χ4n) is 1.74. The van der Waals surface area contributed by atoms with Crippen molar-refractivity contribution in [2.24, 2.45) is 0 Å². The molecule has 0 bridgehead atoms. The number of aryl methyl sites for hydroxylation is 1. The molecular weight excluding hydrogens is 265 g/mol. The van der Waals surface area contributed by atoms with Crippen molar-refractivity contribution in [3.63, 3.8) is 0 Å². The van der Waals surface area contributed by atoms with E-state index in [4.69, 9.17) is 0 Å². The fraction of sp³-hybridized carbons (Fsp3) is 0.333. The van der Waals surface area contributed by atoms with Crippen LogP contribution in [0.25, 0.3) is 0 Å². The lowest BCUT2D eigenvalue weighted by Crippen LogP contribution is -2.05. The molecule has 0 aliphatic rings. The Labute approximate surface area is 114 Å². The van der Waals surface area contributed by atoms with E-state index in [0.29, 0.717) is 6.54 Å². The zero-order valence-electron chi connectivity index (χ0n) is 10.7. The van der Waals surface area contributed by atoms with Crippen molar-refractivity contribution in [2.45, 2.75) is 19.4 Å². The van der Waals surface area contributed by atoms with Gasteiger partial charge in [0.25, 0.3) is 5.69 Å². The van der Waals surface area contributed by atoms with Gasteiger partial charge < -0.3 is 9.88 Å². The molecule has 0 saturated heterocycles. The van der Waals surface area contributed by atoms with E-state index in [2.05, 4.69) is 15.5 Å². The van der Waals surface area contributed by atoms with E-state index < -0.39 is 10.7 Å². The van der Waals surface area contributed by atoms with E-state index in [1.807, 2.05) is 4.57 Å². The van der Waals surface area contributed by atoms with Crippen LogP contribution in [-0.2, 0) is 6.54 Å². The molecule has 0 amide bonds. The number of aromatic nitrogens is 3. The van der Waals surface area contributed by atoms with Crippen molar-refractivity contribution >= 4 is 11.4 Å². The van der Waals surface area contributed by atoms with Gasteiger partial charge in [0, 0.05) is 19.2 Å². The third-order valence-electron chi connectivity index (χ3n) is 2.79. The number of halogens is 1. The first-order valence-electron chi connectivity index (χ1n) is 6.17. The highest BCUT2D eigenvalue weighted by molar-refractivity contribution is 5.49. The molecule has 0 saturated carbocycles. The molecule has 1 aromatic heterocycles. The number of benzene rings is 1. The fourth-order valence-corrected chi connectivity index (χ4v) is 1.74. The summed E-state index contributed by atoms with van der Waals surface area (Å²) in [7, 11) is 0. The van der Waals surface area contributed by atoms with Gasteiger partial charge in [-0.1, -0.05) is 0 Å². The highest BCUT2D eigenvalue weighted by atomic mass is 19.1. The Balaban J connectivity index is 1.75. The Morgan fingerprint density at radius 2 is 2.05 bits per heavy atom. The molecule has 0 aliphatic heterocycles. The summed E-state index contributed by atoms with van der Waals surface area (Å²) < 4.78 is 15.4. The maximum atomic E-state index is 13.6. The molecule has 1 heterocycles. The van der Waals surface area contributed by atoms with Gasteiger partial charge in [0.15, 0.2) is 5.82 Å². The number of nitrogens with one attached hydrogen (secondary N) is 1. The predicted molar refractivity (Wildman–Crippen MR) is 70.8 cm³/mol. The van der Waals surface area contributed by atoms with Gasteiger partial charge in [0.05, 0.1) is 16.7 Å². The smallest absolute Gasteiger partial charge is 0.272 e. The SMILES string of the molecule is O=[N+]([O-])c1ccc(NCCCCn2cnnc2)c(F)c1. The lowest BCUT2D eigenvalue weighted by Gasteiger charge is -2.07. The maximum absolute atomic E-state index is 13.6. The zero-order chi connectivity index (χ0) is 14.4. The Bertz CT molecular complexity index is 573. The van der Waals surface area contributed by atoms with Crippen LogP contribution in [0.5, 0.6) is 0 Å². The molecule has 2 aromatic rings. The minimum Gasteiger partial charge on any atom is -0.383 e. The van der Waals surface area contributed by atoms with Crippen LogP contribution >= 0.6 is 0 Å². The first kappa shape index (κ1) is 13.9. The molecular formula is C12H14FN5O2. The van der Waals surface area contributed by atoms with Gasteiger partial charge in [0.1, 0.15) is 12.7 Å². The van der Waals surface area contributed by atoms with Crippen molar-refractivity contribution in [2.75, 3.05) is 11.9 Å². The van der Waals surface area contributed by atoms with Crippen LogP contribution in [0.15, 0.2) is 30.9 Å². The van der Waals surface area contributed by atoms with Crippen LogP contribution in [0.1, 0.15) is 12.8 Å². The minimum atomic E-state index is -0.619. The van der Waals surface area contributed by atoms with Crippen LogP contribution in [-0.4, -0.2) is 26.2 Å². The van der Waals surface area contributed by atoms with Crippen LogP contribution in [0.4, 0.5) is 15.8 Å². The van der Waals surface area contributed by atoms with Crippen molar-refractivity contribution in [3.05, 3.63) is 46.8 Å². The van der Waals surface area contributed by atoms with E-state index in [0.717, 1.165) is 25.5 Å². The number of nitro groups is 1. The molecule has 0 aliphatic carbocycles. The maximum Gasteiger partial charge on any atom is 0.272 e. The topological polar surface area (TPSA) is 85.9 Å². The number of nitrogens with zero attached hydrogens (tertiary/aromatic N) is 4. The molecule has 0 radical (unpaired) electrons. The number of hydrogen-bond donors (Lipinski definition) is 1. The monoisotopic (exact) mass is 279 g/mol. The largest absolute Gasteiger partial charge is 0.383 e. The first-order valence-corrected chi connectivity index (χ1v) is 6.17. The lowest BCUT2D eigenvalue weighted by molar-refractivity contribution is -0.385. The number of anilines is 1. The second-order valence-electron chi connectivity index (χ2n) is 4.25. The summed E-state index contributed by atoms with van der Waals surface area (Å²) in [4.78, 5) is 9.86. The Morgan fingerprint density at radius 1 is 1.30 bits per heavy atom. The summed E-state index contributed by atoms with van der Waals surface area (Å²) in [6.45, 7) is 1.40. The first-order chi connectivity index (χ1) is 9.66. The van der Waals surface area contributed by atoms with Gasteiger partial charge in [-0.15, -0.1) is 10.2 Å². The van der Waals surface area contributed by atoms with Gasteiger partial charge in [0.2, 0.25) is 0 Å². The molecule has 0 unspecified atom stereocenters. The van der Waals surface area contributed by atoms with Gasteiger partial charge >= 0.3 is 0 Å². The summed E-state index contributed by atoms with van der Waals surface area (Å²) in [5.41, 5.74) is 0.0283. The second kappa shape index (κ2) is 6.60. The number of nitro benzene ring substituents is 1. The number of non-ortho nitro benzene ring substituents is 1. The summed E-state index contributed by atoms with van der Waals surface area (Å²) in [6.07, 6.45) is 5.03. The number of unbranched alkanes of at least 4 members (excludes halogenated alkanes) is 1. The van der Waals surface area contributed by atoms with Crippen molar-refractivity contribution in [1.29, 1.82) is 0 Å². The van der Waals surface area contributed by atoms with Gasteiger partial charge in [-0.25, -0.2) is 4.39 Å². The standard InChI is InChI=1S/C12H14FN5O2/c13-11-7-10(18(19)20)3-4-12(11)14-5-1-2-6-17-8-15-16-9-17/h3-4,7-9,14H,1-2,5-6H2. The second-order valence-corrected chi connectivity index (χ2v) is 4.25. The van der Waals surface area contributed by atoms with E-state index in [9.17, 15) is 14.5 Å². The molecule has 1 aromatic carbocycles. The molecule has 2 rings (SSSR count). The summed E-state index contributed by atoms with van der Waals surface area (Å²) >= 11 is 0. The molecule has 1 N–H and O–H groups in total. The Kier molecular flexibility index (Phi) is 4.59. The highest BCUT2D eigenvalue weighted by Gasteiger charge is 2.09. The summed E-state index contributed by atoms with van der Waals surface area (Å²) in [5.74, 6) is -0.613. The van der Waals surface area contributed by atoms with Crippen molar-refractivity contribution in [3.8, 4) is 0 Å². The molecule has 0 fully saturated rings. The van der Waals surface area contributed by atoms with E-state index in [1.165, 1.54) is 12.1 Å². The lowest BCUT2D eigenvalue weighted by atomic mass is 10.2. The quantitative estimate of drug-likeness (QED) is 0.477. The Hall–Kier alpha value is -2.51. The molecule has 7 nitrogen and oxygen atoms in total. The number of rotatable bonds is 7. The third-order valence-corrected chi connectivity index (χ3v) is 2.79. The van der Waals surface area contributed by atoms with Crippen LogP contribution < -0.4 is 5.32 Å². The van der Waals surface area contributed by atoms with Gasteiger partial charge in [-0.05, 0) is 18.9 Å². The normalized spacial score (nSPS) is 10.4. The van der Waals surface area contributed by atoms with Crippen molar-refractivity contribution in [1.82, 2.24) is 14.8 Å². The molecule has 8 heteroatoms. The van der Waals surface area contributed by atoms with Crippen molar-refractivity contribution < 1.29 is 9.31 Å². The number of hydrogen-bond acceptors (Lipinski definition) is 5. The van der Waals surface area contributed by atoms with Crippen LogP contribution in [0, 0.1) is 15.9 Å². The van der Waals surface area contributed by atoms with Gasteiger partial charge in [-0.3, -0.25) is 10.1 Å². The summed E-state index contributed by atoms with van der Waals surface area (Å²) in [6, 6.07) is 3.58. The molecule has 0 spiro atoms. The van der Waals surface area contributed by atoms with E-state index >= 15 is 0 Å². The zero-order valence-corrected chi connectivity index (χ0v) is 10.7. The molecule has 20 heavy (non-hydrogen) atoms. The minimum absolute atomic E-state index is 0.249. The highest BCUT2D eigenvalue weighted by Crippen LogP contribution is 2.20. The average molecular weight is 279 g/mol. The van der Waals surface area contributed by atoms with E-state index in [-0.39, 0.29) is 11.4 Å². The van der Waals surface area contributed by atoms with Crippen LogP contribution in [0.3, 0.4) is 0 Å². The van der Waals surface area contributed by atoms with Gasteiger partial charge in [-0.2, -0.15) is 0 Å². The Morgan fingerprint density at radius 3 is 2.70 bits per heavy atom. The molecule has 106 valence electrons. The average Bonchev–Trinajstić information content (AvgIpc) is 2.93. The van der Waals surface area contributed by atoms with Crippen LogP contribution in [0.2, 0.25) is 0 Å². The van der Waals surface area contributed by atoms with E-state index in [1.54, 1.807) is 12.7 Å². The predicted octanol–water partition coefficient (Wildman–Crippen LogP) is 2.22. The summed E-state index contributed by atoms with van der Waals surface area (Å²) in [5, 5.41) is 20.8.